The molecule has 0 fully saturated rings. The van der Waals surface area contributed by atoms with Crippen molar-refractivity contribution >= 4 is 21.1 Å². The summed E-state index contributed by atoms with van der Waals surface area (Å²) < 4.78 is 61.7. The minimum atomic E-state index is -9.57. The molecule has 0 saturated carbocycles. The van der Waals surface area contributed by atoms with Gasteiger partial charge >= 0.3 is 10.2 Å². The second kappa shape index (κ2) is 2.11. The summed E-state index contributed by atoms with van der Waals surface area (Å²) in [6.45, 7) is 0. The number of hydrogen-bond acceptors (Lipinski definition) is 1. The van der Waals surface area contributed by atoms with Gasteiger partial charge in [-0.1, -0.05) is 19.4 Å². The van der Waals surface area contributed by atoms with Crippen molar-refractivity contribution in [2.75, 3.05) is 0 Å². The zero-order valence-corrected chi connectivity index (χ0v) is 7.87. The highest BCUT2D eigenvalue weighted by molar-refractivity contribution is 8.45. The van der Waals surface area contributed by atoms with Gasteiger partial charge in [0, 0.05) is 5.39 Å². The maximum atomic E-state index is 12.3. The van der Waals surface area contributed by atoms with Gasteiger partial charge in [-0.05, 0) is 18.2 Å². The minimum Gasteiger partial charge on any atom is -0.278 e. The van der Waals surface area contributed by atoms with E-state index in [1.54, 1.807) is 0 Å². The molecule has 2 rings (SSSR count). The van der Waals surface area contributed by atoms with E-state index < -0.39 is 15.1 Å². The molecule has 2 aromatic rings. The number of halogens is 5. The van der Waals surface area contributed by atoms with Crippen molar-refractivity contribution in [3.8, 4) is 0 Å². The Labute approximate surface area is 80.8 Å². The van der Waals surface area contributed by atoms with Crippen molar-refractivity contribution in [3.63, 3.8) is 0 Å². The molecule has 0 unspecified atom stereocenters. The van der Waals surface area contributed by atoms with E-state index in [1.165, 1.54) is 6.20 Å². The van der Waals surface area contributed by atoms with Crippen LogP contribution in [0.25, 0.3) is 10.9 Å². The lowest BCUT2D eigenvalue weighted by atomic mass is 10.3. The van der Waals surface area contributed by atoms with Gasteiger partial charge in [-0.2, -0.15) is 5.10 Å². The third-order valence-electron chi connectivity index (χ3n) is 1.86. The van der Waals surface area contributed by atoms with Crippen LogP contribution in [0.4, 0.5) is 19.4 Å². The third kappa shape index (κ3) is 1.89. The molecule has 0 radical (unpaired) electrons. The lowest BCUT2D eigenvalue weighted by molar-refractivity contribution is 0.364. The fourth-order valence-corrected chi connectivity index (χ4v) is 1.82. The number of nitrogens with zero attached hydrogens (tertiary/aromatic N) is 1. The molecule has 15 heavy (non-hydrogen) atoms. The highest BCUT2D eigenvalue weighted by Crippen LogP contribution is 3.02. The Balaban J connectivity index is 2.74. The van der Waals surface area contributed by atoms with Crippen molar-refractivity contribution in [1.29, 1.82) is 0 Å². The monoisotopic (exact) mass is 244 g/mol. The maximum absolute atomic E-state index is 12.3. The van der Waals surface area contributed by atoms with Crippen molar-refractivity contribution < 1.29 is 19.4 Å². The summed E-state index contributed by atoms with van der Waals surface area (Å²) in [5.41, 5.74) is -0.0687. The number of hydrogen-bond donors (Lipinski definition) is 1. The van der Waals surface area contributed by atoms with Gasteiger partial charge in [-0.3, -0.25) is 5.10 Å². The second-order valence-corrected chi connectivity index (χ2v) is 5.50. The molecular weight excluding hydrogens is 239 g/mol. The Kier molecular flexibility index (Phi) is 1.43. The lowest BCUT2D eigenvalue weighted by Crippen LogP contribution is -2.05. The summed E-state index contributed by atoms with van der Waals surface area (Å²) in [6, 6.07) is 1.68. The van der Waals surface area contributed by atoms with Gasteiger partial charge in [-0.15, -0.1) is 0 Å². The van der Waals surface area contributed by atoms with E-state index in [0.717, 1.165) is 6.07 Å². The number of fused-ring (bicyclic) bond motifs is 1. The molecular formula is C7H5F5N2S. The highest BCUT2D eigenvalue weighted by Gasteiger charge is 2.65. The molecule has 0 aliphatic rings. The van der Waals surface area contributed by atoms with Gasteiger partial charge in [-0.25, -0.2) is 0 Å². The van der Waals surface area contributed by atoms with Gasteiger partial charge in [0.05, 0.1) is 11.7 Å². The fraction of sp³-hybridized carbons (Fsp3) is 0. The topological polar surface area (TPSA) is 28.7 Å². The Morgan fingerprint density at radius 3 is 2.33 bits per heavy atom. The van der Waals surface area contributed by atoms with Crippen LogP contribution in [0.1, 0.15) is 0 Å². The molecule has 2 nitrogen and oxygen atoms in total. The first-order chi connectivity index (χ1) is 6.56. The summed E-state index contributed by atoms with van der Waals surface area (Å²) >= 11 is 0. The van der Waals surface area contributed by atoms with E-state index >= 15 is 0 Å². The Morgan fingerprint density at radius 2 is 1.73 bits per heavy atom. The molecule has 0 spiro atoms. The molecule has 0 atom stereocenters. The predicted octanol–water partition coefficient (Wildman–Crippen LogP) is 4.22. The molecule has 8 heteroatoms. The molecule has 0 aliphatic carbocycles. The number of H-pyrrole nitrogens is 1. The molecule has 1 aromatic heterocycles. The van der Waals surface area contributed by atoms with Crippen LogP contribution in [0.5, 0.6) is 0 Å². The Morgan fingerprint density at radius 1 is 1.07 bits per heavy atom. The van der Waals surface area contributed by atoms with Crippen LogP contribution in [-0.2, 0) is 0 Å². The zero-order valence-electron chi connectivity index (χ0n) is 7.05. The second-order valence-electron chi connectivity index (χ2n) is 3.09. The largest absolute Gasteiger partial charge is 0.310 e. The number of benzene rings is 1. The fourth-order valence-electron chi connectivity index (χ4n) is 1.16. The maximum Gasteiger partial charge on any atom is 0.310 e. The van der Waals surface area contributed by atoms with E-state index in [-0.39, 0.29) is 5.52 Å². The predicted molar refractivity (Wildman–Crippen MR) is 47.5 cm³/mol. The Bertz CT molecular complexity index is 528. The molecule has 0 saturated heterocycles. The van der Waals surface area contributed by atoms with Crippen molar-refractivity contribution in [2.24, 2.45) is 0 Å². The molecule has 1 aromatic carbocycles. The summed E-state index contributed by atoms with van der Waals surface area (Å²) in [7, 11) is -9.57. The lowest BCUT2D eigenvalue weighted by Gasteiger charge is -2.40. The summed E-state index contributed by atoms with van der Waals surface area (Å²) in [4.78, 5) is -1.91. The van der Waals surface area contributed by atoms with E-state index in [2.05, 4.69) is 10.2 Å². The molecule has 1 heterocycles. The van der Waals surface area contributed by atoms with E-state index in [0.29, 0.717) is 17.5 Å². The van der Waals surface area contributed by atoms with Crippen LogP contribution in [0, 0.1) is 0 Å². The van der Waals surface area contributed by atoms with E-state index in [9.17, 15) is 19.4 Å². The molecule has 0 bridgehead atoms. The third-order valence-corrected chi connectivity index (χ3v) is 3.00. The molecule has 0 aliphatic heterocycles. The van der Waals surface area contributed by atoms with Gasteiger partial charge in [0.2, 0.25) is 0 Å². The normalized spacial score (nSPS) is 17.4. The van der Waals surface area contributed by atoms with Crippen molar-refractivity contribution in [2.45, 2.75) is 4.90 Å². The standard InChI is InChI=1S/C7H5F5N2S/c8-15(9,10,11,12)6-2-1-5-4-13-14-7(5)3-6/h1-4H,(H,13,14). The van der Waals surface area contributed by atoms with Crippen LogP contribution in [0.3, 0.4) is 0 Å². The van der Waals surface area contributed by atoms with Crippen LogP contribution < -0.4 is 0 Å². The average Bonchev–Trinajstić information content (AvgIpc) is 2.45. The van der Waals surface area contributed by atoms with Gasteiger partial charge < -0.3 is 0 Å². The van der Waals surface area contributed by atoms with Gasteiger partial charge in [0.1, 0.15) is 4.90 Å². The minimum absolute atomic E-state index is 0.0687. The summed E-state index contributed by atoms with van der Waals surface area (Å²) in [5.74, 6) is 0. The summed E-state index contributed by atoms with van der Waals surface area (Å²) in [5, 5.41) is 6.00. The number of nitrogens with one attached hydrogen (secondary N) is 1. The van der Waals surface area contributed by atoms with Crippen LogP contribution in [-0.4, -0.2) is 10.2 Å². The van der Waals surface area contributed by atoms with E-state index in [4.69, 9.17) is 0 Å². The van der Waals surface area contributed by atoms with Gasteiger partial charge in [0.25, 0.3) is 0 Å². The van der Waals surface area contributed by atoms with Crippen molar-refractivity contribution in [3.05, 3.63) is 24.4 Å². The zero-order chi connectivity index (χ0) is 11.4. The highest BCUT2D eigenvalue weighted by atomic mass is 32.5. The van der Waals surface area contributed by atoms with Crippen LogP contribution >= 0.6 is 10.2 Å². The van der Waals surface area contributed by atoms with Crippen molar-refractivity contribution in [1.82, 2.24) is 10.2 Å². The first-order valence-corrected chi connectivity index (χ1v) is 5.69. The first kappa shape index (κ1) is 10.2. The number of aromatic nitrogens is 2. The molecule has 1 N–H and O–H groups in total. The van der Waals surface area contributed by atoms with E-state index in [1.807, 2.05) is 0 Å². The first-order valence-electron chi connectivity index (χ1n) is 3.73. The molecule has 84 valence electrons. The van der Waals surface area contributed by atoms with Crippen LogP contribution in [0.2, 0.25) is 0 Å². The Hall–Kier alpha value is -1.31. The smallest absolute Gasteiger partial charge is 0.278 e. The van der Waals surface area contributed by atoms with Crippen LogP contribution in [0.15, 0.2) is 29.3 Å². The van der Waals surface area contributed by atoms with Gasteiger partial charge in [0.15, 0.2) is 0 Å². The molecule has 0 amide bonds. The SMILES string of the molecule is FS(F)(F)(F)(F)c1ccc2cn[nH]c2c1. The number of rotatable bonds is 1. The summed E-state index contributed by atoms with van der Waals surface area (Å²) in [6.07, 6.45) is 1.25. The number of aromatic amines is 1. The quantitative estimate of drug-likeness (QED) is 0.747. The average molecular weight is 244 g/mol.